The average molecular weight is 517 g/mol. The molecule has 0 saturated carbocycles. The number of carbonyl (C=O) groups is 3. The minimum atomic E-state index is -0.375. The summed E-state index contributed by atoms with van der Waals surface area (Å²) in [5, 5.41) is 2.83. The van der Waals surface area contributed by atoms with Crippen molar-refractivity contribution in [3.63, 3.8) is 0 Å². The molecule has 8 nitrogen and oxygen atoms in total. The number of nitrogens with zero attached hydrogens (tertiary/aromatic N) is 3. The highest BCUT2D eigenvalue weighted by Crippen LogP contribution is 2.29. The maximum atomic E-state index is 13.5. The van der Waals surface area contributed by atoms with Gasteiger partial charge in [-0.1, -0.05) is 37.3 Å². The van der Waals surface area contributed by atoms with Crippen LogP contribution in [0, 0.1) is 0 Å². The first kappa shape index (κ1) is 27.0. The van der Waals surface area contributed by atoms with Crippen LogP contribution in [-0.4, -0.2) is 66.8 Å². The molecular weight excluding hydrogens is 480 g/mol. The van der Waals surface area contributed by atoms with Crippen molar-refractivity contribution in [3.8, 4) is 0 Å². The Balaban J connectivity index is 1.52. The van der Waals surface area contributed by atoms with E-state index in [4.69, 9.17) is 4.42 Å². The number of rotatable bonds is 9. The normalized spacial score (nSPS) is 14.2. The van der Waals surface area contributed by atoms with Gasteiger partial charge in [0.25, 0.3) is 11.8 Å². The van der Waals surface area contributed by atoms with Crippen LogP contribution in [0.15, 0.2) is 71.3 Å². The molecule has 0 bridgehead atoms. The Kier molecular flexibility index (Phi) is 8.84. The third kappa shape index (κ3) is 5.90. The molecule has 1 fully saturated rings. The highest BCUT2D eigenvalue weighted by atomic mass is 16.3. The lowest BCUT2D eigenvalue weighted by Gasteiger charge is -2.38. The van der Waals surface area contributed by atoms with Crippen LogP contribution in [0.4, 0.5) is 11.4 Å². The van der Waals surface area contributed by atoms with Crippen molar-refractivity contribution in [3.05, 3.63) is 83.8 Å². The third-order valence-corrected chi connectivity index (χ3v) is 7.12. The topological polar surface area (TPSA) is 86.1 Å². The number of amides is 3. The monoisotopic (exact) mass is 516 g/mol. The van der Waals surface area contributed by atoms with E-state index < -0.39 is 0 Å². The molecule has 1 saturated heterocycles. The van der Waals surface area contributed by atoms with E-state index in [1.54, 1.807) is 29.2 Å². The van der Waals surface area contributed by atoms with Gasteiger partial charge in [0.1, 0.15) is 0 Å². The van der Waals surface area contributed by atoms with Crippen molar-refractivity contribution in [2.24, 2.45) is 0 Å². The first-order valence-electron chi connectivity index (χ1n) is 13.3. The molecule has 1 N–H and O–H groups in total. The van der Waals surface area contributed by atoms with Crippen LogP contribution in [0.3, 0.4) is 0 Å². The number of piperazine rings is 1. The van der Waals surface area contributed by atoms with Gasteiger partial charge in [0.05, 0.1) is 17.7 Å². The van der Waals surface area contributed by atoms with Crippen molar-refractivity contribution < 1.29 is 18.8 Å². The number of anilines is 2. The van der Waals surface area contributed by atoms with E-state index in [1.165, 1.54) is 6.26 Å². The number of nitrogens with one attached hydrogen (secondary N) is 1. The van der Waals surface area contributed by atoms with Gasteiger partial charge in [-0.3, -0.25) is 14.4 Å². The second-order valence-electron chi connectivity index (χ2n) is 9.32. The number of hydrogen-bond donors (Lipinski definition) is 1. The maximum absolute atomic E-state index is 13.5. The zero-order chi connectivity index (χ0) is 27.1. The van der Waals surface area contributed by atoms with Gasteiger partial charge in [-0.25, -0.2) is 0 Å². The fourth-order valence-electron chi connectivity index (χ4n) is 4.97. The van der Waals surface area contributed by atoms with Crippen molar-refractivity contribution in [1.29, 1.82) is 0 Å². The van der Waals surface area contributed by atoms with Crippen LogP contribution in [0.25, 0.3) is 0 Å². The number of benzene rings is 2. The van der Waals surface area contributed by atoms with Gasteiger partial charge in [0, 0.05) is 50.6 Å². The Morgan fingerprint density at radius 1 is 0.921 bits per heavy atom. The van der Waals surface area contributed by atoms with Gasteiger partial charge in [-0.05, 0) is 56.2 Å². The Hall–Kier alpha value is -4.07. The van der Waals surface area contributed by atoms with Crippen LogP contribution < -0.4 is 10.2 Å². The summed E-state index contributed by atoms with van der Waals surface area (Å²) in [6.45, 7) is 9.51. The summed E-state index contributed by atoms with van der Waals surface area (Å²) in [7, 11) is 0. The first-order valence-corrected chi connectivity index (χ1v) is 13.3. The molecule has 0 spiro atoms. The molecule has 0 unspecified atom stereocenters. The number of furan rings is 1. The largest absolute Gasteiger partial charge is 0.459 e. The zero-order valence-corrected chi connectivity index (χ0v) is 22.4. The lowest BCUT2D eigenvalue weighted by molar-refractivity contribution is -0.133. The molecule has 4 rings (SSSR count). The Labute approximate surface area is 224 Å². The van der Waals surface area contributed by atoms with Crippen LogP contribution in [0.5, 0.6) is 0 Å². The van der Waals surface area contributed by atoms with Crippen molar-refractivity contribution in [2.75, 3.05) is 49.5 Å². The molecule has 3 aromatic rings. The molecule has 3 amide bonds. The Morgan fingerprint density at radius 2 is 1.63 bits per heavy atom. The summed E-state index contributed by atoms with van der Waals surface area (Å²) in [5.41, 5.74) is 2.90. The van der Waals surface area contributed by atoms with Gasteiger partial charge in [0.15, 0.2) is 5.76 Å². The highest BCUT2D eigenvalue weighted by molar-refractivity contribution is 6.05. The molecule has 1 aliphatic heterocycles. The molecule has 0 aliphatic carbocycles. The molecule has 8 heteroatoms. The molecule has 200 valence electrons. The molecule has 0 radical (unpaired) electrons. The summed E-state index contributed by atoms with van der Waals surface area (Å²) >= 11 is 0. The summed E-state index contributed by atoms with van der Waals surface area (Å²) in [6, 6.07) is 18.6. The molecule has 2 heterocycles. The maximum Gasteiger partial charge on any atom is 0.291 e. The van der Waals surface area contributed by atoms with E-state index in [1.807, 2.05) is 62.1 Å². The lowest BCUT2D eigenvalue weighted by atomic mass is 9.94. The SMILES string of the molecule is CC[C@@H](C(=O)N1CCN(c2ccc(NC(=O)c3ccco3)cc2C(=O)N(CC)CC)CC1)c1ccccc1. The van der Waals surface area contributed by atoms with Crippen LogP contribution in [-0.2, 0) is 4.79 Å². The molecule has 2 aromatic carbocycles. The zero-order valence-electron chi connectivity index (χ0n) is 22.4. The van der Waals surface area contributed by atoms with Crippen molar-refractivity contribution in [1.82, 2.24) is 9.80 Å². The van der Waals surface area contributed by atoms with E-state index in [2.05, 4.69) is 10.2 Å². The van der Waals surface area contributed by atoms with E-state index in [9.17, 15) is 14.4 Å². The second kappa shape index (κ2) is 12.4. The Morgan fingerprint density at radius 3 is 2.24 bits per heavy atom. The number of hydrogen-bond acceptors (Lipinski definition) is 5. The second-order valence-corrected chi connectivity index (χ2v) is 9.32. The summed E-state index contributed by atoms with van der Waals surface area (Å²) < 4.78 is 5.19. The molecule has 38 heavy (non-hydrogen) atoms. The van der Waals surface area contributed by atoms with Crippen molar-refractivity contribution in [2.45, 2.75) is 33.1 Å². The third-order valence-electron chi connectivity index (χ3n) is 7.12. The lowest BCUT2D eigenvalue weighted by Crippen LogP contribution is -2.50. The standard InChI is InChI=1S/C30H36N4O4/c1-4-24(22-11-8-7-9-12-22)29(36)34-18-16-33(17-19-34)26-15-14-23(31-28(35)27-13-10-20-38-27)21-25(26)30(37)32(5-2)6-3/h7-15,20-21,24H,4-6,16-19H2,1-3H3,(H,31,35)/t24-/m1/s1. The first-order chi connectivity index (χ1) is 18.5. The van der Waals surface area contributed by atoms with E-state index in [0.717, 1.165) is 17.7 Å². The van der Waals surface area contributed by atoms with Crippen LogP contribution >= 0.6 is 0 Å². The van der Waals surface area contributed by atoms with Crippen molar-refractivity contribution >= 4 is 29.1 Å². The number of carbonyl (C=O) groups excluding carboxylic acids is 3. The fourth-order valence-corrected chi connectivity index (χ4v) is 4.97. The van der Waals surface area contributed by atoms with Gasteiger partial charge in [-0.15, -0.1) is 0 Å². The van der Waals surface area contributed by atoms with Crippen LogP contribution in [0.1, 0.15) is 59.6 Å². The predicted molar refractivity (Wildman–Crippen MR) is 149 cm³/mol. The van der Waals surface area contributed by atoms with E-state index >= 15 is 0 Å². The van der Waals surface area contributed by atoms with Gasteiger partial charge >= 0.3 is 0 Å². The predicted octanol–water partition coefficient (Wildman–Crippen LogP) is 4.86. The van der Waals surface area contributed by atoms with Gasteiger partial charge < -0.3 is 24.4 Å². The molecule has 1 aromatic heterocycles. The van der Waals surface area contributed by atoms with E-state index in [0.29, 0.717) is 50.5 Å². The minimum Gasteiger partial charge on any atom is -0.459 e. The molecule has 1 atom stereocenters. The highest BCUT2D eigenvalue weighted by Gasteiger charge is 2.29. The summed E-state index contributed by atoms with van der Waals surface area (Å²) in [6.07, 6.45) is 2.19. The summed E-state index contributed by atoms with van der Waals surface area (Å²) in [4.78, 5) is 45.2. The molecule has 1 aliphatic rings. The van der Waals surface area contributed by atoms with Gasteiger partial charge in [0.2, 0.25) is 5.91 Å². The smallest absolute Gasteiger partial charge is 0.291 e. The minimum absolute atomic E-state index is 0.0901. The van der Waals surface area contributed by atoms with Gasteiger partial charge in [-0.2, -0.15) is 0 Å². The fraction of sp³-hybridized carbons (Fsp3) is 0.367. The molecular formula is C30H36N4O4. The van der Waals surface area contributed by atoms with Crippen LogP contribution in [0.2, 0.25) is 0 Å². The quantitative estimate of drug-likeness (QED) is 0.439. The summed E-state index contributed by atoms with van der Waals surface area (Å²) in [5.74, 6) is -0.270. The average Bonchev–Trinajstić information content (AvgIpc) is 3.50. The Bertz CT molecular complexity index is 1230. The van der Waals surface area contributed by atoms with E-state index in [-0.39, 0.29) is 29.4 Å².